The van der Waals surface area contributed by atoms with Crippen molar-refractivity contribution in [1.29, 1.82) is 0 Å². The number of non-ortho nitro benzene ring substituents is 1. The fourth-order valence-electron chi connectivity index (χ4n) is 0.497. The molecule has 0 atom stereocenters. The molecule has 0 N–H and O–H groups in total. The van der Waals surface area contributed by atoms with Crippen LogP contribution in [0.25, 0.3) is 0 Å². The number of nitro groups is 1. The minimum atomic E-state index is -0.472. The second kappa shape index (κ2) is 4.10. The predicted octanol–water partition coefficient (Wildman–Crippen LogP) is -1.60. The van der Waals surface area contributed by atoms with Crippen molar-refractivity contribution in [3.63, 3.8) is 0 Å². The van der Waals surface area contributed by atoms with Gasteiger partial charge in [0.2, 0.25) is 0 Å². The van der Waals surface area contributed by atoms with Crippen molar-refractivity contribution >= 4 is 5.69 Å². The van der Waals surface area contributed by atoms with Gasteiger partial charge < -0.3 is 0 Å². The molecule has 3 nitrogen and oxygen atoms in total. The van der Waals surface area contributed by atoms with E-state index in [9.17, 15) is 10.1 Å². The monoisotopic (exact) mass is 129 g/mol. The van der Waals surface area contributed by atoms with E-state index >= 15 is 0 Å². The topological polar surface area (TPSA) is 43.1 Å². The van der Waals surface area contributed by atoms with Crippen LogP contribution in [0.2, 0.25) is 0 Å². The summed E-state index contributed by atoms with van der Waals surface area (Å²) in [7, 11) is 0. The molecule has 0 bridgehead atoms. The maximum atomic E-state index is 9.98. The summed E-state index contributed by atoms with van der Waals surface area (Å²) in [6.07, 6.45) is 0. The molecule has 10 heavy (non-hydrogen) atoms. The molecule has 0 radical (unpaired) electrons. The van der Waals surface area contributed by atoms with Crippen molar-refractivity contribution in [3.8, 4) is 0 Å². The molecule has 1 aromatic rings. The summed E-state index contributed by atoms with van der Waals surface area (Å²) in [4.78, 5) is 9.50. The predicted molar refractivity (Wildman–Crippen MR) is 31.9 cm³/mol. The molecule has 1 aromatic carbocycles. The summed E-state index contributed by atoms with van der Waals surface area (Å²) in [5, 5.41) is 9.98. The average Bonchev–Trinajstić information content (AvgIpc) is 1.90. The Morgan fingerprint density at radius 3 is 2.50 bits per heavy atom. The number of nitro benzene ring substituents is 1. The Morgan fingerprint density at radius 2 is 2.20 bits per heavy atom. The van der Waals surface area contributed by atoms with Gasteiger partial charge in [-0.1, -0.05) is 6.07 Å². The molecule has 0 aliphatic heterocycles. The van der Waals surface area contributed by atoms with Crippen LogP contribution in [-0.2, 0) is 0 Å². The molecule has 0 heterocycles. The summed E-state index contributed by atoms with van der Waals surface area (Å²) in [6.45, 7) is 0. The van der Waals surface area contributed by atoms with Crippen LogP contribution in [0, 0.1) is 16.2 Å². The molecular formula is C6H4LiNO2. The van der Waals surface area contributed by atoms with Gasteiger partial charge >= 0.3 is 18.9 Å². The van der Waals surface area contributed by atoms with Gasteiger partial charge in [-0.25, -0.2) is 0 Å². The Bertz CT molecular complexity index is 212. The first-order valence-corrected chi connectivity index (χ1v) is 2.42. The number of nitrogens with zero attached hydrogens (tertiary/aromatic N) is 1. The van der Waals surface area contributed by atoms with E-state index in [0.29, 0.717) is 0 Å². The van der Waals surface area contributed by atoms with Crippen molar-refractivity contribution < 1.29 is 23.8 Å². The Labute approximate surface area is 70.4 Å². The minimum Gasteiger partial charge on any atom is -0.260 e. The maximum Gasteiger partial charge on any atom is 1.00 e. The minimum absolute atomic E-state index is 0. The van der Waals surface area contributed by atoms with E-state index in [0.717, 1.165) is 0 Å². The smallest absolute Gasteiger partial charge is 0.260 e. The van der Waals surface area contributed by atoms with Crippen LogP contribution in [0.4, 0.5) is 5.69 Å². The van der Waals surface area contributed by atoms with Crippen molar-refractivity contribution in [3.05, 3.63) is 40.4 Å². The number of benzene rings is 1. The molecule has 1 rings (SSSR count). The molecule has 0 amide bonds. The van der Waals surface area contributed by atoms with Crippen molar-refractivity contribution in [2.24, 2.45) is 0 Å². The standard InChI is InChI=1S/C6H4NO2.Li/c8-7(9)6-4-2-1-3-5-6;/h1-4H;/q-1;+1. The maximum absolute atomic E-state index is 9.98. The summed E-state index contributed by atoms with van der Waals surface area (Å²) in [5.74, 6) is 0. The Kier molecular flexibility index (Phi) is 3.78. The van der Waals surface area contributed by atoms with Crippen molar-refractivity contribution in [1.82, 2.24) is 0 Å². The summed E-state index contributed by atoms with van der Waals surface area (Å²) in [6, 6.07) is 8.68. The van der Waals surface area contributed by atoms with Crippen LogP contribution in [0.15, 0.2) is 24.3 Å². The summed E-state index contributed by atoms with van der Waals surface area (Å²) >= 11 is 0. The molecule has 0 saturated heterocycles. The first kappa shape index (κ1) is 9.22. The third kappa shape index (κ3) is 2.22. The molecule has 0 spiro atoms. The van der Waals surface area contributed by atoms with Crippen LogP contribution in [0.5, 0.6) is 0 Å². The average molecular weight is 129 g/mol. The van der Waals surface area contributed by atoms with Gasteiger partial charge in [0.15, 0.2) is 5.69 Å². The summed E-state index contributed by atoms with van der Waals surface area (Å²) in [5.41, 5.74) is 0.0116. The van der Waals surface area contributed by atoms with E-state index in [1.54, 1.807) is 12.1 Å². The zero-order valence-corrected chi connectivity index (χ0v) is 5.57. The van der Waals surface area contributed by atoms with Crippen LogP contribution in [0.3, 0.4) is 0 Å². The fourth-order valence-corrected chi connectivity index (χ4v) is 0.497. The third-order valence-corrected chi connectivity index (χ3v) is 0.889. The normalized spacial score (nSPS) is 8.00. The number of para-hydroxylation sites is 1. The zero-order chi connectivity index (χ0) is 6.69. The Morgan fingerprint density at radius 1 is 1.50 bits per heavy atom. The second-order valence-corrected chi connectivity index (χ2v) is 1.50. The van der Waals surface area contributed by atoms with E-state index in [2.05, 4.69) is 6.07 Å². The fraction of sp³-hybridized carbons (Fsp3) is 0. The van der Waals surface area contributed by atoms with Gasteiger partial charge in [-0.3, -0.25) is 10.1 Å². The Hall–Kier alpha value is -0.783. The molecule has 46 valence electrons. The molecule has 4 heteroatoms. The molecule has 0 aliphatic rings. The number of hydrogen-bond acceptors (Lipinski definition) is 2. The molecule has 0 saturated carbocycles. The van der Waals surface area contributed by atoms with Gasteiger partial charge in [0.1, 0.15) is 0 Å². The third-order valence-electron chi connectivity index (χ3n) is 0.889. The Balaban J connectivity index is 0.000000810. The van der Waals surface area contributed by atoms with E-state index in [1.165, 1.54) is 12.1 Å². The number of rotatable bonds is 1. The van der Waals surface area contributed by atoms with Crippen LogP contribution in [-0.4, -0.2) is 4.92 Å². The van der Waals surface area contributed by atoms with Crippen molar-refractivity contribution in [2.45, 2.75) is 0 Å². The number of hydrogen-bond donors (Lipinski definition) is 0. The van der Waals surface area contributed by atoms with Crippen LogP contribution >= 0.6 is 0 Å². The van der Waals surface area contributed by atoms with E-state index in [4.69, 9.17) is 0 Å². The first-order valence-electron chi connectivity index (χ1n) is 2.42. The van der Waals surface area contributed by atoms with Crippen LogP contribution < -0.4 is 18.9 Å². The zero-order valence-electron chi connectivity index (χ0n) is 5.57. The molecular weight excluding hydrogens is 125 g/mol. The molecule has 0 aromatic heterocycles. The SMILES string of the molecule is O=[N+]([O-])c1[c-]cccc1.[Li+]. The van der Waals surface area contributed by atoms with Gasteiger partial charge in [0.25, 0.3) is 0 Å². The van der Waals surface area contributed by atoms with Gasteiger partial charge in [0.05, 0.1) is 0 Å². The van der Waals surface area contributed by atoms with E-state index in [1.807, 2.05) is 0 Å². The second-order valence-electron chi connectivity index (χ2n) is 1.50. The van der Waals surface area contributed by atoms with Crippen LogP contribution in [0.1, 0.15) is 0 Å². The van der Waals surface area contributed by atoms with E-state index in [-0.39, 0.29) is 24.5 Å². The van der Waals surface area contributed by atoms with Gasteiger partial charge in [0, 0.05) is 4.92 Å². The quantitative estimate of drug-likeness (QED) is 0.198. The van der Waals surface area contributed by atoms with Gasteiger partial charge in [-0.15, -0.1) is 6.07 Å². The van der Waals surface area contributed by atoms with Gasteiger partial charge in [-0.05, 0) is 0 Å². The van der Waals surface area contributed by atoms with Gasteiger partial charge in [-0.2, -0.15) is 18.2 Å². The van der Waals surface area contributed by atoms with E-state index < -0.39 is 4.92 Å². The first-order chi connectivity index (χ1) is 4.30. The molecule has 0 aliphatic carbocycles. The largest absolute Gasteiger partial charge is 1.00 e. The summed E-state index contributed by atoms with van der Waals surface area (Å²) < 4.78 is 0. The molecule has 0 fully saturated rings. The molecule has 0 unspecified atom stereocenters. The van der Waals surface area contributed by atoms with Crippen molar-refractivity contribution in [2.75, 3.05) is 0 Å².